The van der Waals surface area contributed by atoms with E-state index >= 15 is 0 Å². The molecule has 1 aromatic carbocycles. The fraction of sp³-hybridized carbons (Fsp3) is 0.0909. The average Bonchev–Trinajstić information content (AvgIpc) is 2.15. The Kier molecular flexibility index (Phi) is 3.26. The summed E-state index contributed by atoms with van der Waals surface area (Å²) in [4.78, 5) is 10.5. The second kappa shape index (κ2) is 4.45. The van der Waals surface area contributed by atoms with Gasteiger partial charge in [0, 0.05) is 12.5 Å². The van der Waals surface area contributed by atoms with Gasteiger partial charge in [-0.05, 0) is 18.2 Å². The fourth-order valence-corrected chi connectivity index (χ4v) is 0.976. The van der Waals surface area contributed by atoms with Crippen LogP contribution in [0.5, 0.6) is 5.75 Å². The van der Waals surface area contributed by atoms with Crippen molar-refractivity contribution in [2.75, 3.05) is 7.11 Å². The lowest BCUT2D eigenvalue weighted by Crippen LogP contribution is -1.86. The molecule has 0 atom stereocenters. The van der Waals surface area contributed by atoms with E-state index in [1.54, 1.807) is 13.2 Å². The minimum Gasteiger partial charge on any atom is -0.496 e. The molecule has 0 saturated carbocycles. The van der Waals surface area contributed by atoms with Crippen LogP contribution in [0.3, 0.4) is 0 Å². The van der Waals surface area contributed by atoms with Crippen LogP contribution in [0, 0.1) is 6.92 Å². The van der Waals surface area contributed by atoms with Gasteiger partial charge in [-0.1, -0.05) is 18.2 Å². The van der Waals surface area contributed by atoms with Crippen LogP contribution in [0.25, 0.3) is 6.08 Å². The highest BCUT2D eigenvalue weighted by atomic mass is 16.5. The Hall–Kier alpha value is -1.57. The monoisotopic (exact) mass is 174 g/mol. The molecule has 13 heavy (non-hydrogen) atoms. The van der Waals surface area contributed by atoms with Gasteiger partial charge in [-0.15, -0.1) is 0 Å². The van der Waals surface area contributed by atoms with Crippen molar-refractivity contribution in [3.63, 3.8) is 0 Å². The molecule has 0 amide bonds. The van der Waals surface area contributed by atoms with Crippen molar-refractivity contribution in [3.05, 3.63) is 42.8 Å². The highest BCUT2D eigenvalue weighted by molar-refractivity contribution is 5.96. The SMILES string of the molecule is [CH]C(=O)/C=C/c1ccccc1OC. The number of ether oxygens (including phenoxy) is 1. The van der Waals surface area contributed by atoms with Crippen LogP contribution >= 0.6 is 0 Å². The van der Waals surface area contributed by atoms with E-state index in [-0.39, 0.29) is 0 Å². The van der Waals surface area contributed by atoms with Crippen molar-refractivity contribution in [3.8, 4) is 5.75 Å². The molecule has 0 N–H and O–H groups in total. The molecule has 1 rings (SSSR count). The van der Waals surface area contributed by atoms with Gasteiger partial charge in [-0.25, -0.2) is 0 Å². The first-order valence-electron chi connectivity index (χ1n) is 3.84. The van der Waals surface area contributed by atoms with Crippen LogP contribution in [0.15, 0.2) is 30.3 Å². The molecule has 0 saturated heterocycles. The number of para-hydroxylation sites is 1. The summed E-state index contributed by atoms with van der Waals surface area (Å²) >= 11 is 0. The normalized spacial score (nSPS) is 10.3. The Bertz CT molecular complexity index is 327. The fourth-order valence-electron chi connectivity index (χ4n) is 0.976. The van der Waals surface area contributed by atoms with Crippen LogP contribution < -0.4 is 4.74 Å². The highest BCUT2D eigenvalue weighted by Gasteiger charge is 1.96. The van der Waals surface area contributed by atoms with Crippen LogP contribution in [0.2, 0.25) is 0 Å². The molecule has 0 fully saturated rings. The van der Waals surface area contributed by atoms with Gasteiger partial charge in [0.1, 0.15) is 5.75 Å². The number of allylic oxidation sites excluding steroid dienone is 1. The van der Waals surface area contributed by atoms with Crippen molar-refractivity contribution in [2.45, 2.75) is 0 Å². The molecule has 66 valence electrons. The van der Waals surface area contributed by atoms with Crippen LogP contribution in [0.4, 0.5) is 0 Å². The number of benzene rings is 1. The Morgan fingerprint density at radius 3 is 2.77 bits per heavy atom. The molecule has 1 aromatic rings. The van der Waals surface area contributed by atoms with Gasteiger partial charge in [0.2, 0.25) is 0 Å². The van der Waals surface area contributed by atoms with Crippen LogP contribution in [0.1, 0.15) is 5.56 Å². The van der Waals surface area contributed by atoms with Gasteiger partial charge in [0.25, 0.3) is 0 Å². The van der Waals surface area contributed by atoms with Crippen LogP contribution in [-0.4, -0.2) is 12.9 Å². The first-order chi connectivity index (χ1) is 6.24. The molecule has 0 aliphatic heterocycles. The van der Waals surface area contributed by atoms with E-state index in [1.807, 2.05) is 24.3 Å². The van der Waals surface area contributed by atoms with Crippen molar-refractivity contribution < 1.29 is 9.53 Å². The summed E-state index contributed by atoms with van der Waals surface area (Å²) in [5, 5.41) is 0. The minimum absolute atomic E-state index is 0.467. The summed E-state index contributed by atoms with van der Waals surface area (Å²) < 4.78 is 5.07. The summed E-state index contributed by atoms with van der Waals surface area (Å²) in [6, 6.07) is 7.39. The minimum atomic E-state index is -0.467. The molecule has 0 bridgehead atoms. The summed E-state index contributed by atoms with van der Waals surface area (Å²) in [6.07, 6.45) is 2.93. The quantitative estimate of drug-likeness (QED) is 0.655. The average molecular weight is 174 g/mol. The second-order valence-corrected chi connectivity index (χ2v) is 2.48. The molecule has 2 heteroatoms. The van der Waals surface area contributed by atoms with Gasteiger partial charge >= 0.3 is 0 Å². The van der Waals surface area contributed by atoms with Gasteiger partial charge in [0.15, 0.2) is 5.78 Å². The molecule has 0 heterocycles. The molecule has 0 aliphatic rings. The molecule has 2 nitrogen and oxygen atoms in total. The summed E-state index contributed by atoms with van der Waals surface area (Å²) in [6.45, 7) is 4.97. The highest BCUT2D eigenvalue weighted by Crippen LogP contribution is 2.18. The Morgan fingerprint density at radius 1 is 1.46 bits per heavy atom. The van der Waals surface area contributed by atoms with E-state index in [4.69, 9.17) is 11.7 Å². The van der Waals surface area contributed by atoms with E-state index < -0.39 is 5.78 Å². The Labute approximate surface area is 77.8 Å². The maximum atomic E-state index is 10.5. The third kappa shape index (κ3) is 2.75. The maximum Gasteiger partial charge on any atom is 0.160 e. The number of rotatable bonds is 3. The van der Waals surface area contributed by atoms with Crippen molar-refractivity contribution in [2.24, 2.45) is 0 Å². The van der Waals surface area contributed by atoms with E-state index in [2.05, 4.69) is 0 Å². The van der Waals surface area contributed by atoms with Gasteiger partial charge in [0.05, 0.1) is 7.11 Å². The topological polar surface area (TPSA) is 26.3 Å². The molecule has 2 radical (unpaired) electrons. The maximum absolute atomic E-state index is 10.5. The zero-order chi connectivity index (χ0) is 9.68. The number of methoxy groups -OCH3 is 1. The zero-order valence-corrected chi connectivity index (χ0v) is 7.36. The van der Waals surface area contributed by atoms with E-state index in [0.29, 0.717) is 0 Å². The first-order valence-corrected chi connectivity index (χ1v) is 3.84. The molecule has 0 aliphatic carbocycles. The largest absolute Gasteiger partial charge is 0.496 e. The lowest BCUT2D eigenvalue weighted by molar-refractivity contribution is -0.110. The number of carbonyl (C=O) groups is 1. The predicted molar refractivity (Wildman–Crippen MR) is 51.3 cm³/mol. The molecule has 0 unspecified atom stereocenters. The lowest BCUT2D eigenvalue weighted by Gasteiger charge is -2.02. The number of ketones is 1. The van der Waals surface area contributed by atoms with E-state index in [1.165, 1.54) is 6.08 Å². The second-order valence-electron chi connectivity index (χ2n) is 2.48. The molecular weight excluding hydrogens is 164 g/mol. The van der Waals surface area contributed by atoms with E-state index in [9.17, 15) is 4.79 Å². The van der Waals surface area contributed by atoms with E-state index in [0.717, 1.165) is 11.3 Å². The number of hydrogen-bond acceptors (Lipinski definition) is 2. The summed E-state index contributed by atoms with van der Waals surface area (Å²) in [7, 11) is 1.58. The Balaban J connectivity index is 2.93. The summed E-state index contributed by atoms with van der Waals surface area (Å²) in [5.74, 6) is 0.255. The zero-order valence-electron chi connectivity index (χ0n) is 7.36. The number of hydrogen-bond donors (Lipinski definition) is 0. The lowest BCUT2D eigenvalue weighted by atomic mass is 10.2. The Morgan fingerprint density at radius 2 is 2.15 bits per heavy atom. The predicted octanol–water partition coefficient (Wildman–Crippen LogP) is 1.99. The van der Waals surface area contributed by atoms with Crippen molar-refractivity contribution in [1.29, 1.82) is 0 Å². The van der Waals surface area contributed by atoms with Gasteiger partial charge in [-0.2, -0.15) is 0 Å². The standard InChI is InChI=1S/C11H10O2/c1-9(12)7-8-10-5-3-4-6-11(10)13-2/h1,3-8H,2H3/b8-7+. The van der Waals surface area contributed by atoms with Crippen molar-refractivity contribution >= 4 is 11.9 Å². The third-order valence-electron chi connectivity index (χ3n) is 1.57. The van der Waals surface area contributed by atoms with Crippen LogP contribution in [-0.2, 0) is 4.79 Å². The van der Waals surface area contributed by atoms with Gasteiger partial charge < -0.3 is 4.74 Å². The third-order valence-corrected chi connectivity index (χ3v) is 1.57. The van der Waals surface area contributed by atoms with Crippen molar-refractivity contribution in [1.82, 2.24) is 0 Å². The number of carbonyl (C=O) groups excluding carboxylic acids is 1. The summed E-state index contributed by atoms with van der Waals surface area (Å²) in [5.41, 5.74) is 0.837. The molecular formula is C11H10O2. The first kappa shape index (κ1) is 9.52. The molecule has 0 aromatic heterocycles. The van der Waals surface area contributed by atoms with Gasteiger partial charge in [-0.3, -0.25) is 4.79 Å². The molecule has 0 spiro atoms. The smallest absolute Gasteiger partial charge is 0.160 e.